The molecule has 15 atom stereocenters. The molecule has 0 radical (unpaired) electrons. The van der Waals surface area contributed by atoms with Crippen LogP contribution in [0, 0.1) is 0 Å². The van der Waals surface area contributed by atoms with Crippen LogP contribution in [0.3, 0.4) is 0 Å². The molecule has 8 N–H and O–H groups in total. The summed E-state index contributed by atoms with van der Waals surface area (Å²) in [6, 6.07) is 15.7. The number of hydrogen-bond donors (Lipinski definition) is 8. The number of aliphatic hydroxyl groups is 6. The highest BCUT2D eigenvalue weighted by Gasteiger charge is 2.55. The first kappa shape index (κ1) is 43.0. The van der Waals surface area contributed by atoms with Crippen molar-refractivity contribution in [2.24, 2.45) is 0 Å². The van der Waals surface area contributed by atoms with Gasteiger partial charge >= 0.3 is 0 Å². The second-order valence-corrected chi connectivity index (χ2v) is 13.6. The van der Waals surface area contributed by atoms with E-state index in [1.807, 2.05) is 60.7 Å². The minimum atomic E-state index is -1.64. The molecule has 3 heterocycles. The summed E-state index contributed by atoms with van der Waals surface area (Å²) in [7, 11) is 1.35. The molecule has 3 aliphatic rings. The quantitative estimate of drug-likeness (QED) is 0.0902. The van der Waals surface area contributed by atoms with E-state index in [1.165, 1.54) is 21.0 Å². The topological polar surface area (TPSA) is 253 Å². The summed E-state index contributed by atoms with van der Waals surface area (Å²) >= 11 is 0. The SMILES string of the molecule is CO[C@H]1O[C@H](COCc2ccccc2)[C@@H](O[C@H]2O[C@H](CO)[C@@H](O)[C@H](O)[C@H]2NC(C)=O)[C@@H](OCc2ccccc2)[C@H]1O[C@@H]1O[C@@H](CO)[C@@H](O)[C@H](O)[C@@H]1NC(C)=O. The third-order valence-corrected chi connectivity index (χ3v) is 9.59. The summed E-state index contributed by atoms with van der Waals surface area (Å²) in [5.41, 5.74) is 1.60. The van der Waals surface area contributed by atoms with E-state index in [-0.39, 0.29) is 19.8 Å². The Morgan fingerprint density at radius 3 is 1.53 bits per heavy atom. The highest BCUT2D eigenvalue weighted by Crippen LogP contribution is 2.35. The van der Waals surface area contributed by atoms with Crippen molar-refractivity contribution < 1.29 is 78.1 Å². The average molecular weight is 781 g/mol. The van der Waals surface area contributed by atoms with Gasteiger partial charge in [0, 0.05) is 21.0 Å². The Hall–Kier alpha value is -3.18. The Morgan fingerprint density at radius 2 is 1.07 bits per heavy atom. The molecule has 0 aromatic heterocycles. The van der Waals surface area contributed by atoms with Gasteiger partial charge in [-0.3, -0.25) is 9.59 Å². The number of rotatable bonds is 16. The molecule has 18 heteroatoms. The molecule has 3 fully saturated rings. The summed E-state index contributed by atoms with van der Waals surface area (Å²) in [5.74, 6) is -1.15. The van der Waals surface area contributed by atoms with E-state index in [4.69, 9.17) is 37.9 Å². The molecule has 0 saturated carbocycles. The van der Waals surface area contributed by atoms with E-state index in [2.05, 4.69) is 10.6 Å². The number of benzene rings is 2. The van der Waals surface area contributed by atoms with Crippen LogP contribution in [0.25, 0.3) is 0 Å². The van der Waals surface area contributed by atoms with E-state index in [0.717, 1.165) is 11.1 Å². The van der Waals surface area contributed by atoms with Gasteiger partial charge in [-0.1, -0.05) is 60.7 Å². The van der Waals surface area contributed by atoms with Crippen LogP contribution in [0.15, 0.2) is 60.7 Å². The maximum Gasteiger partial charge on any atom is 0.217 e. The first-order valence-corrected chi connectivity index (χ1v) is 18.0. The molecule has 3 aliphatic heterocycles. The maximum absolute atomic E-state index is 12.3. The number of ether oxygens (including phenoxy) is 8. The van der Waals surface area contributed by atoms with Crippen molar-refractivity contribution >= 4 is 11.8 Å². The lowest BCUT2D eigenvalue weighted by Crippen LogP contribution is -2.69. The van der Waals surface area contributed by atoms with Crippen molar-refractivity contribution in [1.82, 2.24) is 10.6 Å². The van der Waals surface area contributed by atoms with Crippen LogP contribution in [-0.2, 0) is 60.7 Å². The predicted octanol–water partition coefficient (Wildman–Crippen LogP) is -2.18. The third-order valence-electron chi connectivity index (χ3n) is 9.59. The van der Waals surface area contributed by atoms with Gasteiger partial charge < -0.3 is 79.2 Å². The van der Waals surface area contributed by atoms with Crippen molar-refractivity contribution in [3.8, 4) is 0 Å². The molecular weight excluding hydrogens is 728 g/mol. The summed E-state index contributed by atoms with van der Waals surface area (Å²) in [6.45, 7) is 1.01. The standard InChI is InChI=1S/C37H52N2O16/c1-19(42)38-26-30(46)28(44)23(14-40)51-35(26)54-32-25(18-49-16-21-10-6-4-7-11-21)53-37(48-3)34(33(32)50-17-22-12-8-5-9-13-22)55-36-27(39-20(2)43)31(47)29(45)24(15-41)52-36/h4-13,23-37,40-41,44-47H,14-18H2,1-3H3,(H,38,42)(H,39,43)/t23-,24+,25-,26-,27+,28-,29-,30-,31-,32-,33-,34-,35-,36+,37+/m1/s1. The normalized spacial score (nSPS) is 36.6. The molecule has 306 valence electrons. The largest absolute Gasteiger partial charge is 0.394 e. The van der Waals surface area contributed by atoms with Gasteiger partial charge in [0.05, 0.1) is 33.0 Å². The molecular formula is C37H52N2O16. The number of aliphatic hydroxyl groups excluding tert-OH is 6. The van der Waals surface area contributed by atoms with E-state index >= 15 is 0 Å². The third kappa shape index (κ3) is 10.8. The Labute approximate surface area is 318 Å². The average Bonchev–Trinajstić information content (AvgIpc) is 3.18. The van der Waals surface area contributed by atoms with Gasteiger partial charge in [0.15, 0.2) is 18.9 Å². The van der Waals surface area contributed by atoms with E-state index in [1.54, 1.807) is 0 Å². The van der Waals surface area contributed by atoms with Crippen LogP contribution in [0.1, 0.15) is 25.0 Å². The zero-order valence-corrected chi connectivity index (χ0v) is 30.7. The van der Waals surface area contributed by atoms with Crippen LogP contribution in [0.5, 0.6) is 0 Å². The van der Waals surface area contributed by atoms with Gasteiger partial charge in [-0.2, -0.15) is 0 Å². The molecule has 2 amide bonds. The van der Waals surface area contributed by atoms with E-state index < -0.39 is 117 Å². The number of methoxy groups -OCH3 is 1. The van der Waals surface area contributed by atoms with Gasteiger partial charge in [0.25, 0.3) is 0 Å². The number of hydrogen-bond acceptors (Lipinski definition) is 16. The molecule has 0 aliphatic carbocycles. The van der Waals surface area contributed by atoms with Gasteiger partial charge in [-0.15, -0.1) is 0 Å². The summed E-state index contributed by atoms with van der Waals surface area (Å²) in [4.78, 5) is 24.6. The lowest BCUT2D eigenvalue weighted by Gasteiger charge is -2.50. The van der Waals surface area contributed by atoms with Crippen LogP contribution < -0.4 is 10.6 Å². The van der Waals surface area contributed by atoms with E-state index in [9.17, 15) is 40.2 Å². The Kier molecular flexibility index (Phi) is 15.9. The highest BCUT2D eigenvalue weighted by molar-refractivity contribution is 5.73. The summed E-state index contributed by atoms with van der Waals surface area (Å²) in [5, 5.41) is 68.6. The second kappa shape index (κ2) is 20.3. The van der Waals surface area contributed by atoms with Crippen LogP contribution in [0.4, 0.5) is 0 Å². The monoisotopic (exact) mass is 780 g/mol. The van der Waals surface area contributed by atoms with Gasteiger partial charge in [0.2, 0.25) is 11.8 Å². The van der Waals surface area contributed by atoms with Gasteiger partial charge in [-0.25, -0.2) is 0 Å². The number of amides is 2. The van der Waals surface area contributed by atoms with Crippen LogP contribution in [-0.4, -0.2) is 161 Å². The van der Waals surface area contributed by atoms with Gasteiger partial charge in [-0.05, 0) is 11.1 Å². The molecule has 0 spiro atoms. The van der Waals surface area contributed by atoms with Crippen molar-refractivity contribution in [3.05, 3.63) is 71.8 Å². The maximum atomic E-state index is 12.3. The van der Waals surface area contributed by atoms with Crippen molar-refractivity contribution in [1.29, 1.82) is 0 Å². The predicted molar refractivity (Wildman–Crippen MR) is 187 cm³/mol. The smallest absolute Gasteiger partial charge is 0.217 e. The fraction of sp³-hybridized carbons (Fsp3) is 0.622. The van der Waals surface area contributed by atoms with E-state index in [0.29, 0.717) is 0 Å². The molecule has 0 bridgehead atoms. The minimum Gasteiger partial charge on any atom is -0.394 e. The molecule has 0 unspecified atom stereocenters. The second-order valence-electron chi connectivity index (χ2n) is 13.6. The van der Waals surface area contributed by atoms with Gasteiger partial charge in [0.1, 0.15) is 73.1 Å². The molecule has 18 nitrogen and oxygen atoms in total. The first-order valence-electron chi connectivity index (χ1n) is 18.0. The van der Waals surface area contributed by atoms with Crippen molar-refractivity contribution in [2.45, 2.75) is 119 Å². The van der Waals surface area contributed by atoms with Crippen LogP contribution in [0.2, 0.25) is 0 Å². The highest BCUT2D eigenvalue weighted by atomic mass is 16.8. The van der Waals surface area contributed by atoms with Crippen LogP contribution >= 0.6 is 0 Å². The first-order chi connectivity index (χ1) is 26.4. The lowest BCUT2D eigenvalue weighted by atomic mass is 9.94. The zero-order valence-electron chi connectivity index (χ0n) is 30.7. The fourth-order valence-corrected chi connectivity index (χ4v) is 6.82. The molecule has 5 rings (SSSR count). The Balaban J connectivity index is 1.55. The minimum absolute atomic E-state index is 0.0260. The zero-order chi connectivity index (χ0) is 39.6. The molecule has 3 saturated heterocycles. The Morgan fingerprint density at radius 1 is 0.618 bits per heavy atom. The fourth-order valence-electron chi connectivity index (χ4n) is 6.82. The number of carbonyl (C=O) groups is 2. The van der Waals surface area contributed by atoms with Crippen molar-refractivity contribution in [2.75, 3.05) is 26.9 Å². The molecule has 2 aromatic carbocycles. The number of nitrogens with one attached hydrogen (secondary N) is 2. The Bertz CT molecular complexity index is 1480. The summed E-state index contributed by atoms with van der Waals surface area (Å²) in [6.07, 6.45) is -18.2. The summed E-state index contributed by atoms with van der Waals surface area (Å²) < 4.78 is 49.7. The lowest BCUT2D eigenvalue weighted by molar-refractivity contribution is -0.378. The number of carbonyl (C=O) groups excluding carboxylic acids is 2. The van der Waals surface area contributed by atoms with Crippen molar-refractivity contribution in [3.63, 3.8) is 0 Å². The molecule has 2 aromatic rings. The molecule has 55 heavy (non-hydrogen) atoms.